The molecule has 1 saturated heterocycles. The van der Waals surface area contributed by atoms with Crippen LogP contribution in [0.2, 0.25) is 0 Å². The zero-order valence-corrected chi connectivity index (χ0v) is 11.3. The van der Waals surface area contributed by atoms with Gasteiger partial charge < -0.3 is 20.3 Å². The number of hydrogen-bond acceptors (Lipinski definition) is 4. The summed E-state index contributed by atoms with van der Waals surface area (Å²) in [6, 6.07) is 0. The molecule has 0 aromatic carbocycles. The molecule has 2 aliphatic rings. The number of carbonyl (C=O) groups excluding carboxylic acids is 1. The van der Waals surface area contributed by atoms with Crippen LogP contribution in [0.1, 0.15) is 19.8 Å². The summed E-state index contributed by atoms with van der Waals surface area (Å²) in [6.07, 6.45) is 2.12. The van der Waals surface area contributed by atoms with Gasteiger partial charge in [0.05, 0.1) is 12.0 Å². The Morgan fingerprint density at radius 3 is 2.94 bits per heavy atom. The van der Waals surface area contributed by atoms with Crippen LogP contribution in [0.15, 0.2) is 0 Å². The van der Waals surface area contributed by atoms with Crippen molar-refractivity contribution in [3.8, 4) is 0 Å². The third kappa shape index (κ3) is 4.23. The normalized spacial score (nSPS) is 28.1. The monoisotopic (exact) mass is 255 g/mol. The van der Waals surface area contributed by atoms with Gasteiger partial charge in [-0.1, -0.05) is 0 Å². The molecule has 104 valence electrons. The molecule has 5 heteroatoms. The molecular weight excluding hydrogens is 230 g/mol. The number of rotatable bonds is 7. The maximum atomic E-state index is 11.7. The molecule has 0 radical (unpaired) electrons. The highest BCUT2D eigenvalue weighted by Crippen LogP contribution is 2.33. The fourth-order valence-corrected chi connectivity index (χ4v) is 2.43. The third-order valence-corrected chi connectivity index (χ3v) is 3.61. The Labute approximate surface area is 109 Å². The minimum Gasteiger partial charge on any atom is -0.378 e. The van der Waals surface area contributed by atoms with E-state index in [1.807, 2.05) is 6.92 Å². The van der Waals surface area contributed by atoms with E-state index >= 15 is 0 Å². The summed E-state index contributed by atoms with van der Waals surface area (Å²) >= 11 is 0. The fourth-order valence-electron chi connectivity index (χ4n) is 2.43. The van der Waals surface area contributed by atoms with Crippen molar-refractivity contribution in [2.24, 2.45) is 5.92 Å². The Bertz CT molecular complexity index is 267. The van der Waals surface area contributed by atoms with Gasteiger partial charge in [0.2, 0.25) is 5.91 Å². The van der Waals surface area contributed by atoms with Gasteiger partial charge in [-0.05, 0) is 26.3 Å². The Morgan fingerprint density at radius 1 is 1.44 bits per heavy atom. The van der Waals surface area contributed by atoms with E-state index in [0.717, 1.165) is 52.1 Å². The zero-order chi connectivity index (χ0) is 12.8. The number of carbonyl (C=O) groups is 1. The molecule has 0 aromatic heterocycles. The number of ether oxygens (including phenoxy) is 1. The fraction of sp³-hybridized carbons (Fsp3) is 0.923. The van der Waals surface area contributed by atoms with Crippen LogP contribution in [0.4, 0.5) is 0 Å². The third-order valence-electron chi connectivity index (χ3n) is 3.61. The minimum atomic E-state index is 0.115. The first-order valence-electron chi connectivity index (χ1n) is 7.13. The van der Waals surface area contributed by atoms with Crippen LogP contribution >= 0.6 is 0 Å². The molecule has 0 spiro atoms. The molecule has 2 rings (SSSR count). The molecule has 0 aromatic rings. The van der Waals surface area contributed by atoms with Gasteiger partial charge in [-0.15, -0.1) is 0 Å². The average Bonchev–Trinajstić information content (AvgIpc) is 3.16. The first kappa shape index (κ1) is 13.8. The summed E-state index contributed by atoms with van der Waals surface area (Å²) in [6.45, 7) is 8.98. The average molecular weight is 255 g/mol. The van der Waals surface area contributed by atoms with Crippen molar-refractivity contribution in [3.63, 3.8) is 0 Å². The van der Waals surface area contributed by atoms with E-state index in [0.29, 0.717) is 6.61 Å². The lowest BCUT2D eigenvalue weighted by Gasteiger charge is -2.27. The van der Waals surface area contributed by atoms with Crippen LogP contribution in [-0.2, 0) is 9.53 Å². The first-order chi connectivity index (χ1) is 8.81. The van der Waals surface area contributed by atoms with Gasteiger partial charge in [-0.25, -0.2) is 0 Å². The van der Waals surface area contributed by atoms with Gasteiger partial charge in [0, 0.05) is 39.3 Å². The zero-order valence-electron chi connectivity index (χ0n) is 11.3. The molecule has 1 saturated carbocycles. The summed E-state index contributed by atoms with van der Waals surface area (Å²) in [4.78, 5) is 14.2. The second-order valence-electron chi connectivity index (χ2n) is 5.07. The number of nitrogens with one attached hydrogen (secondary N) is 2. The highest BCUT2D eigenvalue weighted by molar-refractivity contribution is 5.81. The Balaban J connectivity index is 1.49. The molecule has 2 atom stereocenters. The Kier molecular flexibility index (Phi) is 5.41. The van der Waals surface area contributed by atoms with Crippen molar-refractivity contribution in [2.45, 2.75) is 25.9 Å². The topological polar surface area (TPSA) is 53.6 Å². The SMILES string of the molecule is CCOC1CC1C(=O)NCCCN1CCNCC1. The molecule has 1 aliphatic heterocycles. The van der Waals surface area contributed by atoms with E-state index < -0.39 is 0 Å². The van der Waals surface area contributed by atoms with E-state index in [1.165, 1.54) is 0 Å². The summed E-state index contributed by atoms with van der Waals surface area (Å²) in [5, 5.41) is 6.35. The van der Waals surface area contributed by atoms with Crippen LogP contribution in [0.25, 0.3) is 0 Å². The van der Waals surface area contributed by atoms with Crippen molar-refractivity contribution in [1.29, 1.82) is 0 Å². The Hall–Kier alpha value is -0.650. The molecular formula is C13H25N3O2. The van der Waals surface area contributed by atoms with E-state index in [-0.39, 0.29) is 17.9 Å². The van der Waals surface area contributed by atoms with Crippen LogP contribution in [0.5, 0.6) is 0 Å². The molecule has 1 aliphatic carbocycles. The summed E-state index contributed by atoms with van der Waals surface area (Å²) in [5.41, 5.74) is 0. The van der Waals surface area contributed by atoms with Gasteiger partial charge in [-0.2, -0.15) is 0 Å². The number of piperazine rings is 1. The van der Waals surface area contributed by atoms with Crippen molar-refractivity contribution in [1.82, 2.24) is 15.5 Å². The molecule has 0 bridgehead atoms. The van der Waals surface area contributed by atoms with E-state index in [4.69, 9.17) is 4.74 Å². The predicted octanol–water partition coefficient (Wildman–Crippen LogP) is -0.177. The molecule has 2 fully saturated rings. The standard InChI is InChI=1S/C13H25N3O2/c1-2-18-12-10-11(12)13(17)15-4-3-7-16-8-5-14-6-9-16/h11-12,14H,2-10H2,1H3,(H,15,17). The largest absolute Gasteiger partial charge is 0.378 e. The second kappa shape index (κ2) is 7.07. The molecule has 2 N–H and O–H groups in total. The number of hydrogen-bond donors (Lipinski definition) is 2. The number of nitrogens with zero attached hydrogens (tertiary/aromatic N) is 1. The maximum absolute atomic E-state index is 11.7. The lowest BCUT2D eigenvalue weighted by atomic mass is 10.3. The van der Waals surface area contributed by atoms with Gasteiger partial charge in [0.1, 0.15) is 0 Å². The summed E-state index contributed by atoms with van der Waals surface area (Å²) in [7, 11) is 0. The first-order valence-corrected chi connectivity index (χ1v) is 7.13. The lowest BCUT2D eigenvalue weighted by Crippen LogP contribution is -2.44. The molecule has 18 heavy (non-hydrogen) atoms. The molecule has 2 unspecified atom stereocenters. The predicted molar refractivity (Wildman–Crippen MR) is 70.5 cm³/mol. The van der Waals surface area contributed by atoms with E-state index in [9.17, 15) is 4.79 Å². The quantitative estimate of drug-likeness (QED) is 0.620. The molecule has 1 amide bonds. The van der Waals surface area contributed by atoms with Gasteiger partial charge in [-0.3, -0.25) is 4.79 Å². The second-order valence-corrected chi connectivity index (χ2v) is 5.07. The van der Waals surface area contributed by atoms with Crippen molar-refractivity contribution < 1.29 is 9.53 Å². The van der Waals surface area contributed by atoms with Crippen molar-refractivity contribution in [3.05, 3.63) is 0 Å². The molecule has 1 heterocycles. The highest BCUT2D eigenvalue weighted by Gasteiger charge is 2.43. The van der Waals surface area contributed by atoms with Crippen LogP contribution in [0, 0.1) is 5.92 Å². The van der Waals surface area contributed by atoms with Gasteiger partial charge in [0.25, 0.3) is 0 Å². The summed E-state index contributed by atoms with van der Waals surface area (Å²) < 4.78 is 5.41. The minimum absolute atomic E-state index is 0.115. The van der Waals surface area contributed by atoms with Crippen LogP contribution in [0.3, 0.4) is 0 Å². The van der Waals surface area contributed by atoms with Crippen molar-refractivity contribution >= 4 is 5.91 Å². The van der Waals surface area contributed by atoms with Crippen LogP contribution < -0.4 is 10.6 Å². The molecule has 5 nitrogen and oxygen atoms in total. The van der Waals surface area contributed by atoms with Crippen molar-refractivity contribution in [2.75, 3.05) is 45.9 Å². The maximum Gasteiger partial charge on any atom is 0.225 e. The number of amides is 1. The van der Waals surface area contributed by atoms with E-state index in [2.05, 4.69) is 15.5 Å². The Morgan fingerprint density at radius 2 is 2.22 bits per heavy atom. The lowest BCUT2D eigenvalue weighted by molar-refractivity contribution is -0.123. The van der Waals surface area contributed by atoms with Gasteiger partial charge >= 0.3 is 0 Å². The summed E-state index contributed by atoms with van der Waals surface area (Å²) in [5.74, 6) is 0.290. The van der Waals surface area contributed by atoms with E-state index in [1.54, 1.807) is 0 Å². The smallest absolute Gasteiger partial charge is 0.225 e. The van der Waals surface area contributed by atoms with Gasteiger partial charge in [0.15, 0.2) is 0 Å². The van der Waals surface area contributed by atoms with Crippen LogP contribution in [-0.4, -0.2) is 62.8 Å². The highest BCUT2D eigenvalue weighted by atomic mass is 16.5.